The van der Waals surface area contributed by atoms with Crippen LogP contribution in [0.2, 0.25) is 0 Å². The summed E-state index contributed by atoms with van der Waals surface area (Å²) in [6.07, 6.45) is 7.07. The molecule has 4 aromatic heterocycles. The van der Waals surface area contributed by atoms with Crippen molar-refractivity contribution in [2.24, 2.45) is 0 Å². The third-order valence-corrected chi connectivity index (χ3v) is 3.18. The molecule has 4 heterocycles. The molecule has 6 heteroatoms. The second-order valence-electron chi connectivity index (χ2n) is 4.86. The lowest BCUT2D eigenvalue weighted by molar-refractivity contribution is -0.00100. The zero-order valence-electron chi connectivity index (χ0n) is 13.8. The van der Waals surface area contributed by atoms with Gasteiger partial charge in [0, 0.05) is 24.8 Å². The first kappa shape index (κ1) is 21.2. The van der Waals surface area contributed by atoms with Gasteiger partial charge in [-0.1, -0.05) is 24.3 Å². The minimum absolute atomic E-state index is 0. The quantitative estimate of drug-likeness (QED) is 0.414. The van der Waals surface area contributed by atoms with Gasteiger partial charge in [-0.15, -0.1) is 0 Å². The van der Waals surface area contributed by atoms with Crippen LogP contribution in [0.1, 0.15) is 0 Å². The normalized spacial score (nSPS) is 8.92. The average Bonchev–Trinajstić information content (AvgIpc) is 2.71. The number of nitrogens with zero attached hydrogens (tertiary/aromatic N) is 4. The lowest BCUT2D eigenvalue weighted by atomic mass is 10.2. The molecular formula is C20H16Cl2N4-2. The monoisotopic (exact) mass is 382 g/mol. The molecule has 0 atom stereocenters. The summed E-state index contributed by atoms with van der Waals surface area (Å²) in [5, 5.41) is 0. The van der Waals surface area contributed by atoms with Crippen LogP contribution in [0.15, 0.2) is 97.6 Å². The van der Waals surface area contributed by atoms with Crippen molar-refractivity contribution in [3.05, 3.63) is 97.6 Å². The number of aromatic nitrogens is 4. The minimum atomic E-state index is 0. The van der Waals surface area contributed by atoms with Gasteiger partial charge in [0.05, 0.1) is 22.8 Å². The molecule has 0 bridgehead atoms. The van der Waals surface area contributed by atoms with Gasteiger partial charge in [0.25, 0.3) is 0 Å². The number of hydrogen-bond donors (Lipinski definition) is 0. The fourth-order valence-corrected chi connectivity index (χ4v) is 2.06. The third kappa shape index (κ3) is 6.24. The van der Waals surface area contributed by atoms with Gasteiger partial charge in [-0.2, -0.15) is 0 Å². The molecule has 0 unspecified atom stereocenters. The molecule has 0 amide bonds. The van der Waals surface area contributed by atoms with E-state index >= 15 is 0 Å². The number of hydrogen-bond acceptors (Lipinski definition) is 4. The van der Waals surface area contributed by atoms with Crippen LogP contribution in [0.4, 0.5) is 0 Å². The summed E-state index contributed by atoms with van der Waals surface area (Å²) < 4.78 is 0. The fourth-order valence-electron chi connectivity index (χ4n) is 2.06. The van der Waals surface area contributed by atoms with E-state index in [4.69, 9.17) is 0 Å². The summed E-state index contributed by atoms with van der Waals surface area (Å²) in [4.78, 5) is 16.7. The summed E-state index contributed by atoms with van der Waals surface area (Å²) >= 11 is 0. The minimum Gasteiger partial charge on any atom is -1.00 e. The first-order valence-electron chi connectivity index (χ1n) is 7.58. The Hall–Kier alpha value is -2.82. The van der Waals surface area contributed by atoms with Crippen LogP contribution in [0.25, 0.3) is 22.8 Å². The molecular weight excluding hydrogens is 367 g/mol. The Labute approximate surface area is 165 Å². The van der Waals surface area contributed by atoms with E-state index in [0.29, 0.717) is 0 Å². The highest BCUT2D eigenvalue weighted by atomic mass is 35.5. The molecule has 0 N–H and O–H groups in total. The Bertz CT molecular complexity index is 696. The first-order chi connectivity index (χ1) is 11.9. The van der Waals surface area contributed by atoms with E-state index in [1.54, 1.807) is 24.8 Å². The summed E-state index contributed by atoms with van der Waals surface area (Å²) in [6.45, 7) is 0. The van der Waals surface area contributed by atoms with Crippen molar-refractivity contribution in [2.45, 2.75) is 0 Å². The summed E-state index contributed by atoms with van der Waals surface area (Å²) in [6, 6.07) is 23.2. The van der Waals surface area contributed by atoms with Gasteiger partial charge in [0.1, 0.15) is 0 Å². The van der Waals surface area contributed by atoms with Gasteiger partial charge < -0.3 is 24.8 Å². The lowest BCUT2D eigenvalue weighted by Crippen LogP contribution is -3.00. The van der Waals surface area contributed by atoms with Crippen molar-refractivity contribution in [1.29, 1.82) is 0 Å². The fraction of sp³-hybridized carbons (Fsp3) is 0. The summed E-state index contributed by atoms with van der Waals surface area (Å²) in [5.74, 6) is 0. The van der Waals surface area contributed by atoms with Crippen molar-refractivity contribution < 1.29 is 24.8 Å². The van der Waals surface area contributed by atoms with Crippen molar-refractivity contribution in [1.82, 2.24) is 19.9 Å². The second kappa shape index (κ2) is 11.7. The summed E-state index contributed by atoms with van der Waals surface area (Å²) in [5.41, 5.74) is 3.66. The van der Waals surface area contributed by atoms with Crippen LogP contribution >= 0.6 is 0 Å². The SMILES string of the molecule is [Cl-].[Cl-].c1ccc(-c2ccccn2)nc1.c1ccc(-c2ccccn2)nc1. The Balaban J connectivity index is 0.000000241. The molecule has 4 nitrogen and oxygen atoms in total. The zero-order chi connectivity index (χ0) is 16.5. The highest BCUT2D eigenvalue weighted by molar-refractivity contribution is 5.53. The van der Waals surface area contributed by atoms with Crippen LogP contribution < -0.4 is 24.8 Å². The van der Waals surface area contributed by atoms with E-state index in [1.165, 1.54) is 0 Å². The maximum absolute atomic E-state index is 4.19. The lowest BCUT2D eigenvalue weighted by Gasteiger charge is -1.96. The number of rotatable bonds is 2. The maximum atomic E-state index is 4.19. The molecule has 26 heavy (non-hydrogen) atoms. The number of halogens is 2. The zero-order valence-corrected chi connectivity index (χ0v) is 15.3. The predicted octanol–water partition coefficient (Wildman–Crippen LogP) is -1.70. The molecule has 4 aromatic rings. The Morgan fingerprint density at radius 2 is 0.577 bits per heavy atom. The van der Waals surface area contributed by atoms with E-state index in [-0.39, 0.29) is 24.8 Å². The Morgan fingerprint density at radius 3 is 0.731 bits per heavy atom. The molecule has 0 fully saturated rings. The molecule has 0 aromatic carbocycles. The van der Waals surface area contributed by atoms with E-state index in [0.717, 1.165) is 22.8 Å². The standard InChI is InChI=1S/2C10H8N2.2ClH/c2*1-3-7-11-9(5-1)10-6-2-4-8-12-10;;/h2*1-8H;2*1H/p-2. The molecule has 0 saturated heterocycles. The van der Waals surface area contributed by atoms with Crippen LogP contribution in [0, 0.1) is 0 Å². The first-order valence-corrected chi connectivity index (χ1v) is 7.58. The molecule has 0 saturated carbocycles. The maximum Gasteiger partial charge on any atom is 0.0886 e. The van der Waals surface area contributed by atoms with Crippen LogP contribution in [-0.2, 0) is 0 Å². The van der Waals surface area contributed by atoms with E-state index in [1.807, 2.05) is 72.8 Å². The molecule has 0 radical (unpaired) electrons. The van der Waals surface area contributed by atoms with Gasteiger partial charge >= 0.3 is 0 Å². The molecule has 4 rings (SSSR count). The van der Waals surface area contributed by atoms with Gasteiger partial charge in [-0.3, -0.25) is 19.9 Å². The van der Waals surface area contributed by atoms with Crippen LogP contribution in [0.5, 0.6) is 0 Å². The second-order valence-corrected chi connectivity index (χ2v) is 4.86. The largest absolute Gasteiger partial charge is 1.00 e. The smallest absolute Gasteiger partial charge is 0.0886 e. The van der Waals surface area contributed by atoms with E-state index in [2.05, 4.69) is 19.9 Å². The molecule has 0 spiro atoms. The van der Waals surface area contributed by atoms with Gasteiger partial charge in [0.15, 0.2) is 0 Å². The molecule has 0 aliphatic heterocycles. The predicted molar refractivity (Wildman–Crippen MR) is 94.9 cm³/mol. The van der Waals surface area contributed by atoms with Crippen molar-refractivity contribution in [2.75, 3.05) is 0 Å². The van der Waals surface area contributed by atoms with E-state index in [9.17, 15) is 0 Å². The summed E-state index contributed by atoms with van der Waals surface area (Å²) in [7, 11) is 0. The van der Waals surface area contributed by atoms with Crippen LogP contribution in [-0.4, -0.2) is 19.9 Å². The third-order valence-electron chi connectivity index (χ3n) is 3.18. The van der Waals surface area contributed by atoms with Crippen molar-refractivity contribution in [3.63, 3.8) is 0 Å². The van der Waals surface area contributed by atoms with Gasteiger partial charge in [-0.05, 0) is 48.5 Å². The highest BCUT2D eigenvalue weighted by Gasteiger charge is 1.96. The molecule has 132 valence electrons. The molecule has 0 aliphatic carbocycles. The topological polar surface area (TPSA) is 51.6 Å². The van der Waals surface area contributed by atoms with Crippen molar-refractivity contribution in [3.8, 4) is 22.8 Å². The van der Waals surface area contributed by atoms with Gasteiger partial charge in [0.2, 0.25) is 0 Å². The van der Waals surface area contributed by atoms with Crippen LogP contribution in [0.3, 0.4) is 0 Å². The Morgan fingerprint density at radius 1 is 0.346 bits per heavy atom. The van der Waals surface area contributed by atoms with E-state index < -0.39 is 0 Å². The average molecular weight is 383 g/mol. The van der Waals surface area contributed by atoms with Crippen molar-refractivity contribution >= 4 is 0 Å². The number of pyridine rings is 4. The van der Waals surface area contributed by atoms with Gasteiger partial charge in [-0.25, -0.2) is 0 Å². The molecule has 0 aliphatic rings. The Kier molecular flexibility index (Phi) is 9.54. The highest BCUT2D eigenvalue weighted by Crippen LogP contribution is 2.11.